The summed E-state index contributed by atoms with van der Waals surface area (Å²) in [5.74, 6) is 0.386. The van der Waals surface area contributed by atoms with Gasteiger partial charge in [-0.25, -0.2) is 4.98 Å². The van der Waals surface area contributed by atoms with Crippen molar-refractivity contribution >= 4 is 28.7 Å². The predicted molar refractivity (Wildman–Crippen MR) is 96.8 cm³/mol. The lowest BCUT2D eigenvalue weighted by molar-refractivity contribution is 0.157. The average Bonchev–Trinajstić information content (AvgIpc) is 3.01. The Bertz CT molecular complexity index is 765. The molecular formula is C17H25N3O3S. The number of methoxy groups -OCH3 is 2. The molecule has 0 saturated heterocycles. The summed E-state index contributed by atoms with van der Waals surface area (Å²) in [5, 5.41) is 2.22. The monoisotopic (exact) mass is 351 g/mol. The van der Waals surface area contributed by atoms with Crippen LogP contribution in [0.15, 0.2) is 22.0 Å². The van der Waals surface area contributed by atoms with Gasteiger partial charge in [0.1, 0.15) is 0 Å². The highest BCUT2D eigenvalue weighted by atomic mass is 32.2. The van der Waals surface area contributed by atoms with Gasteiger partial charge in [0, 0.05) is 12.8 Å². The van der Waals surface area contributed by atoms with E-state index >= 15 is 0 Å². The van der Waals surface area contributed by atoms with Gasteiger partial charge in [-0.1, -0.05) is 13.0 Å². The fraction of sp³-hybridized carbons (Fsp3) is 0.529. The summed E-state index contributed by atoms with van der Waals surface area (Å²) in [6.07, 6.45) is 7.25. The minimum absolute atomic E-state index is 0.0440. The van der Waals surface area contributed by atoms with Crippen molar-refractivity contribution in [3.05, 3.63) is 22.5 Å². The van der Waals surface area contributed by atoms with Crippen LogP contribution in [0.5, 0.6) is 0 Å². The third kappa shape index (κ3) is 4.88. The molecule has 1 aliphatic carbocycles. The molecule has 0 fully saturated rings. The zero-order valence-electron chi connectivity index (χ0n) is 14.7. The molecule has 2 unspecified atom stereocenters. The zero-order valence-corrected chi connectivity index (χ0v) is 15.5. The van der Waals surface area contributed by atoms with Gasteiger partial charge in [-0.15, -0.1) is 0 Å². The highest BCUT2D eigenvalue weighted by Crippen LogP contribution is 2.04. The first-order valence-electron chi connectivity index (χ1n) is 7.97. The summed E-state index contributed by atoms with van der Waals surface area (Å²) in [6, 6.07) is 0. The molecule has 0 bridgehead atoms. The Balaban J connectivity index is 2.11. The number of hydrogen-bond donors (Lipinski definition) is 1. The second-order valence-corrected chi connectivity index (χ2v) is 7.01. The van der Waals surface area contributed by atoms with Crippen molar-refractivity contribution < 1.29 is 13.7 Å². The fourth-order valence-electron chi connectivity index (χ4n) is 2.37. The molecule has 7 heteroatoms. The summed E-state index contributed by atoms with van der Waals surface area (Å²) in [5.41, 5.74) is 1.94. The number of fused-ring (bicyclic) bond motifs is 1. The second kappa shape index (κ2) is 8.94. The molecule has 0 saturated carbocycles. The maximum absolute atomic E-state index is 12.6. The van der Waals surface area contributed by atoms with Crippen LogP contribution in [0.4, 0.5) is 0 Å². The molecule has 2 rings (SSSR count). The number of imidazole rings is 1. The van der Waals surface area contributed by atoms with E-state index in [2.05, 4.69) is 15.0 Å². The van der Waals surface area contributed by atoms with Gasteiger partial charge in [0.25, 0.3) is 0 Å². The predicted octanol–water partition coefficient (Wildman–Crippen LogP) is 0.898. The zero-order chi connectivity index (χ0) is 17.5. The van der Waals surface area contributed by atoms with Crippen LogP contribution in [0.1, 0.15) is 26.7 Å². The molecule has 1 aromatic heterocycles. The molecule has 0 amide bonds. The van der Waals surface area contributed by atoms with E-state index in [1.807, 2.05) is 26.0 Å². The van der Waals surface area contributed by atoms with Crippen molar-refractivity contribution in [1.29, 1.82) is 0 Å². The number of nitrogens with zero attached hydrogens (tertiary/aromatic N) is 2. The topological polar surface area (TPSA) is 76.6 Å². The maximum atomic E-state index is 12.6. The van der Waals surface area contributed by atoms with Gasteiger partial charge >= 0.3 is 0 Å². The summed E-state index contributed by atoms with van der Waals surface area (Å²) in [6.45, 7) is 4.53. The van der Waals surface area contributed by atoms with E-state index in [0.717, 1.165) is 34.8 Å². The number of aromatic nitrogens is 2. The Kier molecular flexibility index (Phi) is 6.93. The molecule has 1 heterocycles. The van der Waals surface area contributed by atoms with Crippen LogP contribution in [0.3, 0.4) is 0 Å². The standard InChI is InChI=1S/C17H25N3O3S/c1-5-13(18-9-12(2)10-22-3)11-24(21)17-19-15-7-6-14(23-4)8-16(15)20-17/h7-8,10,14H,5-6,9,11H2,1-4H3,(H,19,20). The molecular weight excluding hydrogens is 326 g/mol. The van der Waals surface area contributed by atoms with Crippen LogP contribution >= 0.6 is 0 Å². The van der Waals surface area contributed by atoms with Gasteiger partial charge in [-0.05, 0) is 31.4 Å². The number of rotatable bonds is 8. The molecule has 6 nitrogen and oxygen atoms in total. The molecule has 0 aromatic carbocycles. The lowest BCUT2D eigenvalue weighted by atomic mass is 10.1. The van der Waals surface area contributed by atoms with Gasteiger partial charge in [-0.2, -0.15) is 0 Å². The summed E-state index contributed by atoms with van der Waals surface area (Å²) < 4.78 is 22.9. The summed E-state index contributed by atoms with van der Waals surface area (Å²) in [7, 11) is 2.06. The Morgan fingerprint density at radius 2 is 2.33 bits per heavy atom. The molecule has 132 valence electrons. The highest BCUT2D eigenvalue weighted by Gasteiger charge is 2.14. The Hall–Kier alpha value is -1.73. The van der Waals surface area contributed by atoms with Crippen LogP contribution < -0.4 is 10.7 Å². The number of hydrogen-bond acceptors (Lipinski definition) is 5. The van der Waals surface area contributed by atoms with Crippen LogP contribution in [0, 0.1) is 0 Å². The lowest BCUT2D eigenvalue weighted by Gasteiger charge is -2.08. The molecule has 0 aliphatic heterocycles. The molecule has 0 spiro atoms. The minimum Gasteiger partial charge on any atom is -0.504 e. The SMILES string of the molecule is CCC(CS(=O)c1nc2c([nH]1)=CC(OC)CC=2)=NCC(C)=COC. The number of ether oxygens (including phenoxy) is 2. The summed E-state index contributed by atoms with van der Waals surface area (Å²) >= 11 is 0. The average molecular weight is 351 g/mol. The van der Waals surface area contributed by atoms with Crippen molar-refractivity contribution in [2.45, 2.75) is 37.9 Å². The first-order valence-corrected chi connectivity index (χ1v) is 9.29. The third-order valence-corrected chi connectivity index (χ3v) is 4.95. The van der Waals surface area contributed by atoms with Crippen molar-refractivity contribution in [3.63, 3.8) is 0 Å². The van der Waals surface area contributed by atoms with Crippen molar-refractivity contribution in [1.82, 2.24) is 9.97 Å². The minimum atomic E-state index is -1.24. The van der Waals surface area contributed by atoms with E-state index in [1.54, 1.807) is 20.5 Å². The quantitative estimate of drug-likeness (QED) is 0.558. The molecule has 24 heavy (non-hydrogen) atoms. The molecule has 0 radical (unpaired) electrons. The Morgan fingerprint density at radius 3 is 3.00 bits per heavy atom. The van der Waals surface area contributed by atoms with E-state index in [-0.39, 0.29) is 6.10 Å². The van der Waals surface area contributed by atoms with Gasteiger partial charge in [0.05, 0.1) is 53.3 Å². The Labute approximate surface area is 144 Å². The van der Waals surface area contributed by atoms with Crippen LogP contribution in [0.25, 0.3) is 12.2 Å². The van der Waals surface area contributed by atoms with Crippen LogP contribution in [-0.4, -0.2) is 52.5 Å². The first-order chi connectivity index (χ1) is 11.6. The van der Waals surface area contributed by atoms with Gasteiger partial charge in [0.15, 0.2) is 5.16 Å². The van der Waals surface area contributed by atoms with E-state index in [0.29, 0.717) is 17.5 Å². The number of nitrogens with one attached hydrogen (secondary N) is 1. The van der Waals surface area contributed by atoms with E-state index in [4.69, 9.17) is 9.47 Å². The van der Waals surface area contributed by atoms with Crippen LogP contribution in [0.2, 0.25) is 0 Å². The van der Waals surface area contributed by atoms with E-state index in [1.165, 1.54) is 0 Å². The number of aliphatic imine (C=N–C) groups is 1. The van der Waals surface area contributed by atoms with E-state index in [9.17, 15) is 4.21 Å². The smallest absolute Gasteiger partial charge is 0.197 e. The van der Waals surface area contributed by atoms with Crippen LogP contribution in [-0.2, 0) is 20.3 Å². The number of aromatic amines is 1. The molecule has 1 N–H and O–H groups in total. The molecule has 1 aliphatic rings. The summed E-state index contributed by atoms with van der Waals surface area (Å²) in [4.78, 5) is 12.1. The lowest BCUT2D eigenvalue weighted by Crippen LogP contribution is -2.31. The second-order valence-electron chi connectivity index (χ2n) is 5.65. The van der Waals surface area contributed by atoms with E-state index < -0.39 is 10.8 Å². The molecule has 2 atom stereocenters. The van der Waals surface area contributed by atoms with Gasteiger partial charge < -0.3 is 14.5 Å². The highest BCUT2D eigenvalue weighted by molar-refractivity contribution is 7.85. The van der Waals surface area contributed by atoms with Crippen molar-refractivity contribution in [2.24, 2.45) is 4.99 Å². The third-order valence-electron chi connectivity index (χ3n) is 3.73. The number of H-pyrrole nitrogens is 1. The van der Waals surface area contributed by atoms with Crippen molar-refractivity contribution in [3.8, 4) is 0 Å². The fourth-order valence-corrected chi connectivity index (χ4v) is 3.53. The van der Waals surface area contributed by atoms with Gasteiger partial charge in [-0.3, -0.25) is 9.20 Å². The molecule has 1 aromatic rings. The Morgan fingerprint density at radius 1 is 1.54 bits per heavy atom. The first kappa shape index (κ1) is 18.6. The normalized spacial score (nSPS) is 19.2. The van der Waals surface area contributed by atoms with Gasteiger partial charge in [0.2, 0.25) is 0 Å². The van der Waals surface area contributed by atoms with Crippen molar-refractivity contribution in [2.75, 3.05) is 26.5 Å². The largest absolute Gasteiger partial charge is 0.504 e. The maximum Gasteiger partial charge on any atom is 0.197 e.